The highest BCUT2D eigenvalue weighted by Crippen LogP contribution is 2.18. The van der Waals surface area contributed by atoms with Gasteiger partial charge in [0.05, 0.1) is 24.0 Å². The van der Waals surface area contributed by atoms with Crippen molar-refractivity contribution in [1.29, 1.82) is 0 Å². The Morgan fingerprint density at radius 3 is 3.00 bits per heavy atom. The van der Waals surface area contributed by atoms with Crippen LogP contribution in [0.25, 0.3) is 0 Å². The number of amides is 1. The highest BCUT2D eigenvalue weighted by atomic mass is 19.1. The maximum Gasteiger partial charge on any atom is 0.260 e. The highest BCUT2D eigenvalue weighted by Gasteiger charge is 2.14. The summed E-state index contributed by atoms with van der Waals surface area (Å²) >= 11 is 0. The summed E-state index contributed by atoms with van der Waals surface area (Å²) in [6.07, 6.45) is 1.32. The van der Waals surface area contributed by atoms with Gasteiger partial charge in [0.25, 0.3) is 5.91 Å². The summed E-state index contributed by atoms with van der Waals surface area (Å²) in [5.74, 6) is 4.90. The van der Waals surface area contributed by atoms with E-state index in [-0.39, 0.29) is 6.54 Å². The second-order valence-corrected chi connectivity index (χ2v) is 3.95. The van der Waals surface area contributed by atoms with Crippen LogP contribution in [0.5, 0.6) is 0 Å². The molecule has 6 heteroatoms. The lowest BCUT2D eigenvalue weighted by molar-refractivity contribution is 0.102. The Morgan fingerprint density at radius 2 is 2.35 bits per heavy atom. The van der Waals surface area contributed by atoms with E-state index in [2.05, 4.69) is 22.3 Å². The van der Waals surface area contributed by atoms with E-state index >= 15 is 0 Å². The van der Waals surface area contributed by atoms with Crippen molar-refractivity contribution in [3.05, 3.63) is 47.1 Å². The van der Waals surface area contributed by atoms with Gasteiger partial charge in [-0.05, 0) is 25.1 Å². The summed E-state index contributed by atoms with van der Waals surface area (Å²) < 4.78 is 18.0. The number of nitrogens with one attached hydrogen (secondary N) is 1. The van der Waals surface area contributed by atoms with E-state index in [1.165, 1.54) is 24.4 Å². The molecule has 0 atom stereocenters. The molecule has 0 spiro atoms. The summed E-state index contributed by atoms with van der Waals surface area (Å²) in [5.41, 5.74) is 6.36. The SMILES string of the molecule is Cc1oncc1C(=O)Nc1ccc(F)cc1C#CCN. The maximum atomic E-state index is 13.2. The predicted molar refractivity (Wildman–Crippen MR) is 71.5 cm³/mol. The Hall–Kier alpha value is -2.65. The Bertz CT molecular complexity index is 698. The van der Waals surface area contributed by atoms with E-state index in [0.717, 1.165) is 0 Å². The third kappa shape index (κ3) is 3.02. The molecule has 3 N–H and O–H groups in total. The van der Waals surface area contributed by atoms with Gasteiger partial charge in [0.15, 0.2) is 0 Å². The fraction of sp³-hybridized carbons (Fsp3) is 0.143. The molecule has 2 aromatic rings. The molecule has 2 rings (SSSR count). The minimum absolute atomic E-state index is 0.147. The molecule has 5 nitrogen and oxygen atoms in total. The number of hydrogen-bond acceptors (Lipinski definition) is 4. The number of hydrogen-bond donors (Lipinski definition) is 2. The molecule has 1 heterocycles. The van der Waals surface area contributed by atoms with Crippen LogP contribution in [0.15, 0.2) is 28.9 Å². The van der Waals surface area contributed by atoms with Crippen LogP contribution in [0.4, 0.5) is 10.1 Å². The van der Waals surface area contributed by atoms with Gasteiger partial charge in [-0.25, -0.2) is 4.39 Å². The van der Waals surface area contributed by atoms with Crippen LogP contribution in [0, 0.1) is 24.6 Å². The summed E-state index contributed by atoms with van der Waals surface area (Å²) in [7, 11) is 0. The van der Waals surface area contributed by atoms with Crippen molar-refractivity contribution in [3.8, 4) is 11.8 Å². The lowest BCUT2D eigenvalue weighted by atomic mass is 10.1. The zero-order valence-electron chi connectivity index (χ0n) is 10.7. The Labute approximate surface area is 114 Å². The standard InChI is InChI=1S/C14H12FN3O2/c1-9-12(8-17-20-9)14(19)18-13-5-4-11(15)7-10(13)3-2-6-16/h4-5,7-8H,6,16H2,1H3,(H,18,19). The molecule has 1 amide bonds. The van der Waals surface area contributed by atoms with Gasteiger partial charge in [0.1, 0.15) is 17.1 Å². The van der Waals surface area contributed by atoms with E-state index < -0.39 is 11.7 Å². The quantitative estimate of drug-likeness (QED) is 0.816. The molecular weight excluding hydrogens is 261 g/mol. The topological polar surface area (TPSA) is 81.2 Å². The summed E-state index contributed by atoms with van der Waals surface area (Å²) in [4.78, 5) is 12.0. The molecule has 0 saturated carbocycles. The van der Waals surface area contributed by atoms with Crippen LogP contribution in [0.1, 0.15) is 21.7 Å². The number of nitrogens with zero attached hydrogens (tertiary/aromatic N) is 1. The van der Waals surface area contributed by atoms with Gasteiger partial charge in [-0.2, -0.15) is 0 Å². The number of anilines is 1. The number of benzene rings is 1. The molecule has 1 aromatic heterocycles. The second kappa shape index (κ2) is 5.99. The molecular formula is C14H12FN3O2. The number of halogens is 1. The smallest absolute Gasteiger partial charge is 0.260 e. The van der Waals surface area contributed by atoms with Crippen molar-refractivity contribution in [2.24, 2.45) is 5.73 Å². The van der Waals surface area contributed by atoms with Crippen LogP contribution < -0.4 is 11.1 Å². The zero-order chi connectivity index (χ0) is 14.5. The Kier molecular flexibility index (Phi) is 4.13. The van der Waals surface area contributed by atoms with Crippen LogP contribution >= 0.6 is 0 Å². The number of aryl methyl sites for hydroxylation is 1. The minimum atomic E-state index is -0.439. The van der Waals surface area contributed by atoms with Crippen molar-refractivity contribution in [1.82, 2.24) is 5.16 Å². The van der Waals surface area contributed by atoms with Gasteiger partial charge >= 0.3 is 0 Å². The predicted octanol–water partition coefficient (Wildman–Crippen LogP) is 1.68. The van der Waals surface area contributed by atoms with Gasteiger partial charge in [0.2, 0.25) is 0 Å². The molecule has 0 aliphatic rings. The number of carbonyl (C=O) groups excluding carboxylic acids is 1. The summed E-state index contributed by atoms with van der Waals surface area (Å²) in [6, 6.07) is 3.92. The first-order chi connectivity index (χ1) is 9.61. The Balaban J connectivity index is 2.29. The fourth-order valence-electron chi connectivity index (χ4n) is 1.58. The molecule has 0 bridgehead atoms. The number of rotatable bonds is 2. The lowest BCUT2D eigenvalue weighted by Crippen LogP contribution is -2.13. The van der Waals surface area contributed by atoms with E-state index in [4.69, 9.17) is 10.3 Å². The molecule has 1 aromatic carbocycles. The van der Waals surface area contributed by atoms with Gasteiger partial charge in [0, 0.05) is 0 Å². The molecule has 0 unspecified atom stereocenters. The first kappa shape index (κ1) is 13.8. The van der Waals surface area contributed by atoms with Gasteiger partial charge in [-0.1, -0.05) is 17.0 Å². The minimum Gasteiger partial charge on any atom is -0.361 e. The van der Waals surface area contributed by atoms with Crippen molar-refractivity contribution in [3.63, 3.8) is 0 Å². The summed E-state index contributed by atoms with van der Waals surface area (Å²) in [6.45, 7) is 1.77. The molecule has 20 heavy (non-hydrogen) atoms. The fourth-order valence-corrected chi connectivity index (χ4v) is 1.58. The van der Waals surface area contributed by atoms with Crippen LogP contribution in [-0.4, -0.2) is 17.6 Å². The number of carbonyl (C=O) groups is 1. The van der Waals surface area contributed by atoms with E-state index in [9.17, 15) is 9.18 Å². The average Bonchev–Trinajstić information content (AvgIpc) is 2.85. The van der Waals surface area contributed by atoms with Crippen molar-refractivity contribution in [2.45, 2.75) is 6.92 Å². The molecule has 0 fully saturated rings. The van der Waals surface area contributed by atoms with Gasteiger partial charge in [-0.3, -0.25) is 4.79 Å². The highest BCUT2D eigenvalue weighted by molar-refractivity contribution is 6.05. The Morgan fingerprint density at radius 1 is 1.55 bits per heavy atom. The van der Waals surface area contributed by atoms with Crippen molar-refractivity contribution < 1.29 is 13.7 Å². The number of nitrogens with two attached hydrogens (primary N) is 1. The monoisotopic (exact) mass is 273 g/mol. The first-order valence-electron chi connectivity index (χ1n) is 5.83. The van der Waals surface area contributed by atoms with Crippen LogP contribution in [0.3, 0.4) is 0 Å². The lowest BCUT2D eigenvalue weighted by Gasteiger charge is -2.06. The zero-order valence-corrected chi connectivity index (χ0v) is 10.7. The average molecular weight is 273 g/mol. The van der Waals surface area contributed by atoms with Crippen LogP contribution in [-0.2, 0) is 0 Å². The normalized spacial score (nSPS) is 9.75. The van der Waals surface area contributed by atoms with E-state index in [1.807, 2.05) is 0 Å². The third-order valence-electron chi connectivity index (χ3n) is 2.55. The van der Waals surface area contributed by atoms with Gasteiger partial charge in [-0.15, -0.1) is 0 Å². The van der Waals surface area contributed by atoms with Crippen molar-refractivity contribution >= 4 is 11.6 Å². The molecule has 102 valence electrons. The molecule has 0 saturated heterocycles. The van der Waals surface area contributed by atoms with Crippen LogP contribution in [0.2, 0.25) is 0 Å². The third-order valence-corrected chi connectivity index (χ3v) is 2.55. The molecule has 0 radical (unpaired) electrons. The van der Waals surface area contributed by atoms with E-state index in [0.29, 0.717) is 22.6 Å². The molecule has 0 aliphatic carbocycles. The maximum absolute atomic E-state index is 13.2. The van der Waals surface area contributed by atoms with Crippen molar-refractivity contribution in [2.75, 3.05) is 11.9 Å². The second-order valence-electron chi connectivity index (χ2n) is 3.95. The van der Waals surface area contributed by atoms with Gasteiger partial charge < -0.3 is 15.6 Å². The summed E-state index contributed by atoms with van der Waals surface area (Å²) in [5, 5.41) is 6.17. The number of aromatic nitrogens is 1. The largest absolute Gasteiger partial charge is 0.361 e. The van der Waals surface area contributed by atoms with E-state index in [1.54, 1.807) is 6.92 Å². The first-order valence-corrected chi connectivity index (χ1v) is 5.83. The molecule has 0 aliphatic heterocycles.